The third-order valence-electron chi connectivity index (χ3n) is 1.57. The van der Waals surface area contributed by atoms with Gasteiger partial charge in [0.2, 0.25) is 11.0 Å². The molecule has 0 saturated heterocycles. The van der Waals surface area contributed by atoms with Crippen molar-refractivity contribution in [3.63, 3.8) is 0 Å². The number of nitrogens with zero attached hydrogens (tertiary/aromatic N) is 2. The maximum Gasteiger partial charge on any atom is 0.407 e. The van der Waals surface area contributed by atoms with Gasteiger partial charge in [0.25, 0.3) is 6.54 Å². The molecule has 1 aromatic rings. The number of para-hydroxylation sites is 1. The molecule has 0 amide bonds. The number of carbonyl (C=O) groups excluding carboxylic acids is 1. The summed E-state index contributed by atoms with van der Waals surface area (Å²) < 4.78 is 1.52. The van der Waals surface area contributed by atoms with Crippen molar-refractivity contribution < 1.29 is 14.3 Å². The zero-order valence-electron chi connectivity index (χ0n) is 6.30. The quantitative estimate of drug-likeness (QED) is 0.585. The Bertz CT molecular complexity index is 332. The third kappa shape index (κ3) is 1.18. The van der Waals surface area contributed by atoms with Gasteiger partial charge in [-0.3, -0.25) is 4.84 Å². The van der Waals surface area contributed by atoms with E-state index in [1.54, 1.807) is 0 Å². The molecule has 1 aliphatic rings. The number of hydrogen-bond donors (Lipinski definition) is 0. The van der Waals surface area contributed by atoms with Crippen LogP contribution in [-0.2, 0) is 9.63 Å². The van der Waals surface area contributed by atoms with Gasteiger partial charge in [0.15, 0.2) is 0 Å². The lowest BCUT2D eigenvalue weighted by Crippen LogP contribution is -2.06. The highest BCUT2D eigenvalue weighted by molar-refractivity contribution is 5.71. The summed E-state index contributed by atoms with van der Waals surface area (Å²) in [4.78, 5) is 15.1. The summed E-state index contributed by atoms with van der Waals surface area (Å²) in [5.74, 6) is -0.321. The number of hydrogen-bond acceptors (Lipinski definition) is 3. The average molecular weight is 163 g/mol. The molecule has 0 saturated carbocycles. The first-order valence-corrected chi connectivity index (χ1v) is 3.59. The Balaban J connectivity index is 2.28. The van der Waals surface area contributed by atoms with E-state index in [9.17, 15) is 4.79 Å². The Morgan fingerprint density at radius 1 is 1.33 bits per heavy atom. The molecular weight excluding hydrogens is 156 g/mol. The molecular formula is C8H7N2O2+. The summed E-state index contributed by atoms with van der Waals surface area (Å²) in [7, 11) is 0. The Hall–Kier alpha value is -1.71. The van der Waals surface area contributed by atoms with Gasteiger partial charge in [-0.15, -0.1) is 0 Å². The van der Waals surface area contributed by atoms with Gasteiger partial charge in [-0.2, -0.15) is 0 Å². The van der Waals surface area contributed by atoms with E-state index in [1.165, 1.54) is 4.70 Å². The molecule has 1 aromatic carbocycles. The molecule has 60 valence electrons. The lowest BCUT2D eigenvalue weighted by atomic mass is 10.3. The first kappa shape index (κ1) is 6.97. The van der Waals surface area contributed by atoms with Crippen LogP contribution in [0.4, 0.5) is 5.69 Å². The van der Waals surface area contributed by atoms with Gasteiger partial charge < -0.3 is 0 Å². The predicted molar refractivity (Wildman–Crippen MR) is 39.7 cm³/mol. The van der Waals surface area contributed by atoms with Crippen LogP contribution in [0.2, 0.25) is 0 Å². The minimum absolute atomic E-state index is 0.198. The Kier molecular flexibility index (Phi) is 1.59. The lowest BCUT2D eigenvalue weighted by Gasteiger charge is -1.86. The molecule has 0 N–H and O–H groups in total. The molecule has 4 nitrogen and oxygen atoms in total. The third-order valence-corrected chi connectivity index (χ3v) is 1.57. The SMILES string of the molecule is O=C1C[N+](c2ccccc2)=NO1. The highest BCUT2D eigenvalue weighted by Crippen LogP contribution is 2.13. The number of benzene rings is 1. The number of carbonyl (C=O) groups is 1. The van der Waals surface area contributed by atoms with Crippen LogP contribution in [0.1, 0.15) is 0 Å². The Morgan fingerprint density at radius 2 is 2.08 bits per heavy atom. The van der Waals surface area contributed by atoms with Crippen LogP contribution >= 0.6 is 0 Å². The van der Waals surface area contributed by atoms with Crippen molar-refractivity contribution in [3.05, 3.63) is 30.3 Å². The molecule has 0 aromatic heterocycles. The summed E-state index contributed by atoms with van der Waals surface area (Å²) in [5, 5.41) is 3.57. The normalized spacial score (nSPS) is 15.7. The fraction of sp³-hybridized carbons (Fsp3) is 0.125. The van der Waals surface area contributed by atoms with E-state index in [-0.39, 0.29) is 12.5 Å². The second kappa shape index (κ2) is 2.73. The van der Waals surface area contributed by atoms with Gasteiger partial charge in [0, 0.05) is 12.1 Å². The van der Waals surface area contributed by atoms with Crippen molar-refractivity contribution in [1.29, 1.82) is 0 Å². The molecule has 0 radical (unpaired) electrons. The first-order valence-electron chi connectivity index (χ1n) is 3.59. The van der Waals surface area contributed by atoms with Crippen molar-refractivity contribution in [2.45, 2.75) is 0 Å². The van der Waals surface area contributed by atoms with Crippen molar-refractivity contribution >= 4 is 11.7 Å². The van der Waals surface area contributed by atoms with Crippen LogP contribution in [0.15, 0.2) is 35.6 Å². The molecule has 0 aliphatic carbocycles. The van der Waals surface area contributed by atoms with Gasteiger partial charge in [-0.05, 0) is 4.70 Å². The minimum atomic E-state index is -0.321. The molecule has 2 rings (SSSR count). The molecule has 0 atom stereocenters. The van der Waals surface area contributed by atoms with Crippen LogP contribution in [0, 0.1) is 0 Å². The molecule has 0 unspecified atom stereocenters. The number of rotatable bonds is 1. The molecule has 1 heterocycles. The van der Waals surface area contributed by atoms with Crippen LogP contribution in [0.5, 0.6) is 0 Å². The van der Waals surface area contributed by atoms with E-state index in [0.717, 1.165) is 5.69 Å². The molecule has 0 bridgehead atoms. The van der Waals surface area contributed by atoms with E-state index in [4.69, 9.17) is 0 Å². The zero-order chi connectivity index (χ0) is 8.39. The zero-order valence-corrected chi connectivity index (χ0v) is 6.30. The van der Waals surface area contributed by atoms with E-state index >= 15 is 0 Å². The van der Waals surface area contributed by atoms with Crippen molar-refractivity contribution in [2.24, 2.45) is 5.28 Å². The maximum absolute atomic E-state index is 10.7. The fourth-order valence-electron chi connectivity index (χ4n) is 1.01. The van der Waals surface area contributed by atoms with E-state index < -0.39 is 0 Å². The molecule has 1 aliphatic heterocycles. The molecule has 4 heteroatoms. The van der Waals surface area contributed by atoms with Gasteiger partial charge in [0.1, 0.15) is 0 Å². The summed E-state index contributed by atoms with van der Waals surface area (Å²) in [5.41, 5.74) is 0.864. The van der Waals surface area contributed by atoms with Crippen LogP contribution < -0.4 is 0 Å². The van der Waals surface area contributed by atoms with Gasteiger partial charge in [-0.25, -0.2) is 4.79 Å². The van der Waals surface area contributed by atoms with E-state index in [1.807, 2.05) is 30.3 Å². The van der Waals surface area contributed by atoms with Crippen LogP contribution in [-0.4, -0.2) is 17.2 Å². The molecule has 12 heavy (non-hydrogen) atoms. The highest BCUT2D eigenvalue weighted by atomic mass is 16.7. The van der Waals surface area contributed by atoms with Crippen LogP contribution in [0.25, 0.3) is 0 Å². The molecule has 0 spiro atoms. The lowest BCUT2D eigenvalue weighted by molar-refractivity contribution is -0.504. The Morgan fingerprint density at radius 3 is 2.67 bits per heavy atom. The van der Waals surface area contributed by atoms with Crippen molar-refractivity contribution in [1.82, 2.24) is 0 Å². The van der Waals surface area contributed by atoms with Gasteiger partial charge in [0.05, 0.1) is 0 Å². The second-order valence-electron chi connectivity index (χ2n) is 2.44. The topological polar surface area (TPSA) is 41.7 Å². The Labute approximate surface area is 69.0 Å². The van der Waals surface area contributed by atoms with Crippen molar-refractivity contribution in [2.75, 3.05) is 6.54 Å². The van der Waals surface area contributed by atoms with Gasteiger partial charge in [-0.1, -0.05) is 18.2 Å². The maximum atomic E-state index is 10.7. The smallest absolute Gasteiger partial charge is 0.261 e. The van der Waals surface area contributed by atoms with Crippen molar-refractivity contribution in [3.8, 4) is 0 Å². The minimum Gasteiger partial charge on any atom is -0.261 e. The average Bonchev–Trinajstić information content (AvgIpc) is 2.54. The predicted octanol–water partition coefficient (Wildman–Crippen LogP) is 1.25. The van der Waals surface area contributed by atoms with E-state index in [0.29, 0.717) is 0 Å². The first-order chi connectivity index (χ1) is 5.86. The summed E-state index contributed by atoms with van der Waals surface area (Å²) >= 11 is 0. The van der Waals surface area contributed by atoms with E-state index in [2.05, 4.69) is 10.1 Å². The standard InChI is InChI=1S/C8H7N2O2/c11-8-6-10(9-12-8)7-4-2-1-3-5-7/h1-5H,6H2/q+1. The monoisotopic (exact) mass is 163 g/mol. The van der Waals surface area contributed by atoms with Crippen LogP contribution in [0.3, 0.4) is 0 Å². The summed E-state index contributed by atoms with van der Waals surface area (Å²) in [6.45, 7) is 0.198. The summed E-state index contributed by atoms with van der Waals surface area (Å²) in [6, 6.07) is 9.40. The fourth-order valence-corrected chi connectivity index (χ4v) is 1.01. The van der Waals surface area contributed by atoms with Gasteiger partial charge >= 0.3 is 5.97 Å². The summed E-state index contributed by atoms with van der Waals surface area (Å²) in [6.07, 6.45) is 0. The second-order valence-corrected chi connectivity index (χ2v) is 2.44. The molecule has 0 fully saturated rings. The largest absolute Gasteiger partial charge is 0.407 e. The highest BCUT2D eigenvalue weighted by Gasteiger charge is 2.26.